The molecule has 12 nitrogen and oxygen atoms in total. The quantitative estimate of drug-likeness (QED) is 0.0273. The summed E-state index contributed by atoms with van der Waals surface area (Å²) in [5, 5.41) is 32.6. The van der Waals surface area contributed by atoms with Gasteiger partial charge >= 0.3 is 17.1 Å². The van der Waals surface area contributed by atoms with E-state index in [4.69, 9.17) is 57.4 Å². The van der Waals surface area contributed by atoms with Crippen LogP contribution in [0.2, 0.25) is 0 Å². The van der Waals surface area contributed by atoms with Crippen LogP contribution in [0.4, 0.5) is 5.69 Å². The van der Waals surface area contributed by atoms with Crippen molar-refractivity contribution in [2.24, 2.45) is 0 Å². The molecule has 60 heteroatoms. The monoisotopic (exact) mass is 2970 g/mol. The maximum Gasteiger partial charge on any atom is 1.00 e. The van der Waals surface area contributed by atoms with E-state index in [1.54, 1.807) is 22.7 Å². The van der Waals surface area contributed by atoms with E-state index in [-0.39, 0.29) is 163 Å². The van der Waals surface area contributed by atoms with Gasteiger partial charge in [-0.05, 0) is 265 Å². The molecule has 0 aliphatic heterocycles. The summed E-state index contributed by atoms with van der Waals surface area (Å²) in [6.07, 6.45) is 0. The van der Waals surface area contributed by atoms with Gasteiger partial charge in [0.05, 0.1) is 59.8 Å². The van der Waals surface area contributed by atoms with Crippen molar-refractivity contribution in [3.8, 4) is 47.8 Å². The summed E-state index contributed by atoms with van der Waals surface area (Å²) in [4.78, 5) is 39.3. The van der Waals surface area contributed by atoms with Gasteiger partial charge in [-0.15, -0.1) is 228 Å². The summed E-state index contributed by atoms with van der Waals surface area (Å²) in [7, 11) is 74.5. The number of rotatable bonds is 22. The third-order valence-electron chi connectivity index (χ3n) is 22.9. The fourth-order valence-corrected chi connectivity index (χ4v) is 545. The number of hydrogen-bond donors (Lipinski definition) is 0. The van der Waals surface area contributed by atoms with E-state index < -0.39 is 0 Å². The smallest absolute Gasteiger partial charge is 0.512 e. The zero-order valence-corrected chi connectivity index (χ0v) is 128. The molecule has 0 aliphatic rings. The van der Waals surface area contributed by atoms with Crippen molar-refractivity contribution in [1.29, 1.82) is 10.5 Å². The standard InChI is InChI=1S/C44H20N4O2S.C42H20Br2N2O2S.C3H6O.CN.Cu.H31P29.H16P14/c1-46-24-17-19-26-25-18-16-23(22-45)20-33(25)37-38(34(26)21-24)48-40-39(47-37)43(31-12-6-10-29-27-8-2-4-14-35(27)49-41(29)31)51-44(40)32-13-7-11-30-28-9-3-5-15-36(28)50-42(30)32;43-21-15-17-23-24-18-16-22(44)20-32(24)36-35(31(23)19-21)45-37-38(46-36)42(30-12-6-10-28-26-8-2-4-14-34(26)48-40(28)30)49-41(37)29-11-5-9-27-25-7-1-3-13-33(25)47-39(27)29;1-3(2)4;1-2;;1-16-24(17(2)3)28(25(18(4)5)19(6)7)29(26(20(8)9)21(10)11)27(22(12)13)23(14)15;1-9(2)13(10(3)4)14(11(5)6)12(7)8/h2-21H;1-20H;1-2H3;;;16H,1-15H2;1-8H2/q;;;-1;+1;;/i;;1D;;;;. The second-order valence-electron chi connectivity index (χ2n) is 32.2. The van der Waals surface area contributed by atoms with E-state index in [9.17, 15) is 10.1 Å². The number of carbonyl (C=O) groups excluding carboxylic acids is 1. The molecular weight excluding hydrogens is 2880 g/mol. The van der Waals surface area contributed by atoms with Crippen LogP contribution in [0.5, 0.6) is 0 Å². The molecule has 0 spiro atoms. The Morgan fingerprint density at radius 3 is 0.853 bits per heavy atom. The molecule has 0 aliphatic carbocycles. The molecule has 22 rings (SSSR count). The SMILES string of the molecule is Brc1ccc2c3ccc(Br)cc3c3nc4c(-c5cccc6c5oc5ccccc56)sc(-c5cccc6c5oc5ccccc56)c4nc3c2c1.PP(P)P(P(P)P)P(P(P)P)P(P)P.PPP(P(P)P)P(P(P(P)P)P(P)P)P(P(P(P)P)P(P)P)P(P(P)P)P(P)P.[2H]CC(C)=O.[C-]#N.[C-]#[N+]c1ccc2c3ccc(C#N)cc3c3nc4c(-c5cccc6c5oc5ccccc56)sc(-c5cccc6c5oc5ccccc56)c4nc3c2c1.[Cu+]. The van der Waals surface area contributed by atoms with Gasteiger partial charge in [0.15, 0.2) is 5.69 Å². The van der Waals surface area contributed by atoms with Gasteiger partial charge in [-0.1, -0.05) is 191 Å². The molecule has 0 fully saturated rings. The van der Waals surface area contributed by atoms with Gasteiger partial charge in [-0.25, -0.2) is 24.8 Å². The molecule has 26 unspecified atom stereocenters. The Kier molecular flexibility index (Phi) is 49.3. The van der Waals surface area contributed by atoms with Crippen molar-refractivity contribution in [1.82, 2.24) is 19.9 Å². The molecule has 0 bridgehead atoms. The third kappa shape index (κ3) is 27.8. The fraction of sp³-hybridized carbons (Fsp3) is 0.0222. The third-order valence-corrected chi connectivity index (χ3v) is 296. The number of thiophene rings is 2. The predicted molar refractivity (Wildman–Crippen MR) is 802 cm³/mol. The average Bonchev–Trinajstić information content (AvgIpc) is 1.62. The van der Waals surface area contributed by atoms with Gasteiger partial charge in [-0.2, -0.15) is 5.26 Å². The number of halogens is 2. The number of aromatic nitrogens is 4. The molecule has 22 aromatic rings. The van der Waals surface area contributed by atoms with E-state index in [0.717, 1.165) is 223 Å². The van der Waals surface area contributed by atoms with Crippen LogP contribution < -0.4 is 0 Å². The molecule has 14 aromatic carbocycles. The van der Waals surface area contributed by atoms with Crippen molar-refractivity contribution in [3.05, 3.63) is 275 Å². The van der Waals surface area contributed by atoms with Crippen molar-refractivity contribution < 1.29 is 40.9 Å². The normalized spacial score (nSPS) is 12.7. The van der Waals surface area contributed by atoms with Gasteiger partial charge in [-0.3, -0.25) is 0 Å². The zero-order valence-electron chi connectivity index (χ0n) is 79.1. The first kappa shape index (κ1) is 127. The molecule has 0 amide bonds. The van der Waals surface area contributed by atoms with E-state index in [2.05, 4.69) is 394 Å². The molecule has 770 valence electrons. The predicted octanol–water partition coefficient (Wildman–Crippen LogP) is 51.7. The molecule has 26 atom stereocenters. The minimum atomic E-state index is -0.0833. The van der Waals surface area contributed by atoms with Crippen LogP contribution >= 0.6 is 401 Å². The first-order valence-corrected chi connectivity index (χ1v) is 123. The minimum absolute atomic E-state index is 0. The molecule has 8 heterocycles. The summed E-state index contributed by atoms with van der Waals surface area (Å²) in [6, 6.07) is 84.3. The summed E-state index contributed by atoms with van der Waals surface area (Å²) in [6.45, 7) is 14.8. The van der Waals surface area contributed by atoms with Crippen molar-refractivity contribution in [2.45, 2.75) is 13.8 Å². The Labute approximate surface area is 983 Å². The van der Waals surface area contributed by atoms with Crippen LogP contribution in [0.25, 0.3) is 222 Å². The minimum Gasteiger partial charge on any atom is -0.512 e. The van der Waals surface area contributed by atoms with Crippen molar-refractivity contribution in [2.75, 3.05) is 0 Å². The number of furan rings is 4. The Morgan fingerprint density at radius 2 is 0.587 bits per heavy atom. The maximum absolute atomic E-state index is 9.91. The topological polar surface area (TPSA) is 173 Å². The second-order valence-corrected chi connectivity index (χ2v) is 204. The molecule has 0 saturated carbocycles. The van der Waals surface area contributed by atoms with E-state index in [1.807, 2.05) is 97.1 Å². The number of ketones is 1. The van der Waals surface area contributed by atoms with Gasteiger partial charge in [0.2, 0.25) is 0 Å². The summed E-state index contributed by atoms with van der Waals surface area (Å²) >= 11 is 10.8. The van der Waals surface area contributed by atoms with Crippen molar-refractivity contribution in [3.63, 3.8) is 0 Å². The number of hydrogen-bond acceptors (Lipinski definition) is 13. The first-order chi connectivity index (χ1) is 72.0. The Balaban J connectivity index is 0.000000151. The van der Waals surface area contributed by atoms with Crippen LogP contribution in [-0.2, 0) is 21.9 Å². The van der Waals surface area contributed by atoms with Gasteiger partial charge in [0.25, 0.3) is 0 Å². The van der Waals surface area contributed by atoms with Crippen LogP contribution in [0, 0.1) is 29.7 Å². The largest absolute Gasteiger partial charge is 1.00 e. The number of nitriles is 1. The maximum atomic E-state index is 9.91. The van der Waals surface area contributed by atoms with E-state index >= 15 is 0 Å². The van der Waals surface area contributed by atoms with Gasteiger partial charge in [0, 0.05) is 91.8 Å². The van der Waals surface area contributed by atoms with Crippen LogP contribution in [0.15, 0.2) is 269 Å². The molecular formula is C90H93Br2CuN7O5P43S2. The number of Topliss-reactive ketones (excluding diaryl/α,β-unsaturated/α-hetero) is 1. The number of para-hydroxylation sites is 8. The zero-order chi connectivity index (χ0) is 107. The number of nitrogens with zero attached hydrogens (tertiary/aromatic N) is 7. The summed E-state index contributed by atoms with van der Waals surface area (Å²) in [5.74, 6) is -0.0787. The van der Waals surface area contributed by atoms with E-state index in [0.29, 0.717) is 22.3 Å². The molecule has 0 N–H and O–H groups in total. The van der Waals surface area contributed by atoms with Crippen LogP contribution in [0.1, 0.15) is 20.8 Å². The number of benzene rings is 14. The average molecular weight is 2970 g/mol. The molecule has 8 aromatic heterocycles. The molecule has 0 radical (unpaired) electrons. The Hall–Kier alpha value is 6.03. The Bertz CT molecular complexity index is 8530. The molecule has 150 heavy (non-hydrogen) atoms. The Morgan fingerprint density at radius 1 is 0.333 bits per heavy atom. The second kappa shape index (κ2) is 58.4. The summed E-state index contributed by atoms with van der Waals surface area (Å²) < 4.78 is 34.6. The van der Waals surface area contributed by atoms with Gasteiger partial charge < -0.3 is 34.3 Å². The first-order valence-electron chi connectivity index (χ1n) is 43.9. The summed E-state index contributed by atoms with van der Waals surface area (Å²) in [5.41, 5.74) is 17.7. The number of carbonyl (C=O) groups is 1. The van der Waals surface area contributed by atoms with Crippen LogP contribution in [-0.4, -0.2) is 25.7 Å². The van der Waals surface area contributed by atoms with Gasteiger partial charge in [0.1, 0.15) is 72.5 Å². The number of fused-ring (bicyclic) bond motifs is 26. The van der Waals surface area contributed by atoms with Crippen molar-refractivity contribution >= 4 is 587 Å². The fourth-order valence-electron chi connectivity index (χ4n) is 17.2. The van der Waals surface area contributed by atoms with E-state index in [1.165, 1.54) is 6.92 Å². The van der Waals surface area contributed by atoms with Crippen LogP contribution in [0.3, 0.4) is 0 Å². The molecule has 0 saturated heterocycles.